The van der Waals surface area contributed by atoms with E-state index in [4.69, 9.17) is 31.5 Å². The Hall–Kier alpha value is -2.84. The summed E-state index contributed by atoms with van der Waals surface area (Å²) in [6, 6.07) is 7.07. The quantitative estimate of drug-likeness (QED) is 0.383. The molecule has 2 aromatic rings. The van der Waals surface area contributed by atoms with Crippen molar-refractivity contribution in [3.8, 4) is 5.75 Å². The average molecular weight is 365 g/mol. The summed E-state index contributed by atoms with van der Waals surface area (Å²) in [5.74, 6) is -0.157. The van der Waals surface area contributed by atoms with E-state index in [1.54, 1.807) is 12.1 Å². The molecule has 0 aromatic heterocycles. The van der Waals surface area contributed by atoms with Crippen molar-refractivity contribution in [1.29, 1.82) is 0 Å². The van der Waals surface area contributed by atoms with Gasteiger partial charge in [-0.05, 0) is 24.3 Å². The van der Waals surface area contributed by atoms with Crippen molar-refractivity contribution in [1.82, 2.24) is 0 Å². The Balaban J connectivity index is 1.78. The summed E-state index contributed by atoms with van der Waals surface area (Å²) in [5, 5.41) is 11.4. The number of nitrogen functional groups attached to an aromatic ring is 1. The molecular formula is C16H13ClN2O6. The Labute approximate surface area is 147 Å². The number of hydrogen-bond acceptors (Lipinski definition) is 7. The van der Waals surface area contributed by atoms with Crippen molar-refractivity contribution in [2.75, 3.05) is 12.5 Å². The predicted octanol–water partition coefficient (Wildman–Crippen LogP) is 3.05. The van der Waals surface area contributed by atoms with Crippen LogP contribution in [0.1, 0.15) is 21.5 Å². The van der Waals surface area contributed by atoms with Crippen molar-refractivity contribution in [3.63, 3.8) is 0 Å². The van der Waals surface area contributed by atoms with E-state index in [1.807, 2.05) is 0 Å². The number of hydrogen-bond donors (Lipinski definition) is 1. The van der Waals surface area contributed by atoms with Gasteiger partial charge in [-0.2, -0.15) is 0 Å². The number of anilines is 1. The first-order chi connectivity index (χ1) is 12.0. The Bertz CT molecular complexity index is 855. The molecule has 0 atom stereocenters. The number of fused-ring (bicyclic) bond motifs is 1. The maximum absolute atomic E-state index is 12.2. The lowest BCUT2D eigenvalue weighted by Gasteiger charge is -2.21. The summed E-state index contributed by atoms with van der Waals surface area (Å²) in [7, 11) is 0. The molecule has 130 valence electrons. The Morgan fingerprint density at radius 1 is 1.36 bits per heavy atom. The molecule has 0 amide bonds. The third-order valence-electron chi connectivity index (χ3n) is 3.57. The van der Waals surface area contributed by atoms with Gasteiger partial charge in [0.2, 0.25) is 0 Å². The van der Waals surface area contributed by atoms with Gasteiger partial charge < -0.3 is 19.9 Å². The minimum atomic E-state index is -0.719. The number of carbonyl (C=O) groups excluding carboxylic acids is 1. The van der Waals surface area contributed by atoms with Crippen LogP contribution in [0.3, 0.4) is 0 Å². The highest BCUT2D eigenvalue weighted by atomic mass is 35.5. The molecule has 0 aliphatic carbocycles. The first kappa shape index (κ1) is 17.0. The Morgan fingerprint density at radius 2 is 2.16 bits per heavy atom. The van der Waals surface area contributed by atoms with Crippen LogP contribution >= 0.6 is 11.6 Å². The Morgan fingerprint density at radius 3 is 2.92 bits per heavy atom. The lowest BCUT2D eigenvalue weighted by Crippen LogP contribution is -2.14. The van der Waals surface area contributed by atoms with E-state index in [9.17, 15) is 14.9 Å². The SMILES string of the molecule is Nc1ccc(C(=O)OCc2cc(Cl)cc3c2OCOC3)cc1[N+](=O)[O-]. The number of esters is 1. The molecule has 2 N–H and O–H groups in total. The molecule has 0 saturated heterocycles. The van der Waals surface area contributed by atoms with Gasteiger partial charge in [-0.25, -0.2) is 4.79 Å². The molecule has 1 heterocycles. The molecule has 3 rings (SSSR count). The van der Waals surface area contributed by atoms with Gasteiger partial charge in [0.1, 0.15) is 18.0 Å². The normalized spacial score (nSPS) is 12.8. The van der Waals surface area contributed by atoms with Crippen LogP contribution in [0, 0.1) is 10.1 Å². The highest BCUT2D eigenvalue weighted by Crippen LogP contribution is 2.32. The van der Waals surface area contributed by atoms with Gasteiger partial charge in [0.15, 0.2) is 6.79 Å². The number of ether oxygens (including phenoxy) is 3. The maximum Gasteiger partial charge on any atom is 0.338 e. The molecule has 8 nitrogen and oxygen atoms in total. The minimum Gasteiger partial charge on any atom is -0.467 e. The van der Waals surface area contributed by atoms with Crippen LogP contribution < -0.4 is 10.5 Å². The summed E-state index contributed by atoms with van der Waals surface area (Å²) in [5.41, 5.74) is 6.50. The molecule has 1 aliphatic heterocycles. The number of nitrogens with zero attached hydrogens (tertiary/aromatic N) is 1. The van der Waals surface area contributed by atoms with E-state index in [-0.39, 0.29) is 30.3 Å². The second-order valence-corrected chi connectivity index (χ2v) is 5.71. The summed E-state index contributed by atoms with van der Waals surface area (Å²) < 4.78 is 15.8. The molecule has 0 unspecified atom stereocenters. The second kappa shape index (κ2) is 6.96. The molecule has 0 saturated carbocycles. The van der Waals surface area contributed by atoms with E-state index in [0.717, 1.165) is 11.6 Å². The lowest BCUT2D eigenvalue weighted by atomic mass is 10.1. The van der Waals surface area contributed by atoms with E-state index in [1.165, 1.54) is 12.1 Å². The smallest absolute Gasteiger partial charge is 0.338 e. The first-order valence-corrected chi connectivity index (χ1v) is 7.56. The fourth-order valence-electron chi connectivity index (χ4n) is 2.42. The monoisotopic (exact) mass is 364 g/mol. The maximum atomic E-state index is 12.2. The number of carbonyl (C=O) groups is 1. The molecule has 0 radical (unpaired) electrons. The van der Waals surface area contributed by atoms with Crippen molar-refractivity contribution in [2.45, 2.75) is 13.2 Å². The Kier molecular flexibility index (Phi) is 4.73. The number of nitro benzene ring substituents is 1. The van der Waals surface area contributed by atoms with E-state index in [2.05, 4.69) is 0 Å². The summed E-state index contributed by atoms with van der Waals surface area (Å²) >= 11 is 6.05. The molecule has 0 bridgehead atoms. The summed E-state index contributed by atoms with van der Waals surface area (Å²) in [6.45, 7) is 0.348. The topological polar surface area (TPSA) is 114 Å². The molecule has 2 aromatic carbocycles. The van der Waals surface area contributed by atoms with Crippen LogP contribution in [-0.2, 0) is 22.7 Å². The standard InChI is InChI=1S/C16H13ClN2O6/c17-12-3-10-6-23-8-25-15(10)11(4-12)7-24-16(20)9-1-2-13(18)14(5-9)19(21)22/h1-5H,6-8,18H2. The van der Waals surface area contributed by atoms with E-state index >= 15 is 0 Å². The number of halogens is 1. The molecule has 0 fully saturated rings. The van der Waals surface area contributed by atoms with Gasteiger partial charge >= 0.3 is 5.97 Å². The lowest BCUT2D eigenvalue weighted by molar-refractivity contribution is -0.383. The van der Waals surface area contributed by atoms with E-state index in [0.29, 0.717) is 22.9 Å². The second-order valence-electron chi connectivity index (χ2n) is 5.27. The largest absolute Gasteiger partial charge is 0.467 e. The highest BCUT2D eigenvalue weighted by Gasteiger charge is 2.20. The minimum absolute atomic E-state index is 0.0287. The zero-order valence-electron chi connectivity index (χ0n) is 12.9. The number of benzene rings is 2. The molecule has 0 spiro atoms. The van der Waals surface area contributed by atoms with Crippen LogP contribution in [-0.4, -0.2) is 17.7 Å². The van der Waals surface area contributed by atoms with Crippen LogP contribution in [0.4, 0.5) is 11.4 Å². The number of nitro groups is 1. The third-order valence-corrected chi connectivity index (χ3v) is 3.79. The fourth-order valence-corrected chi connectivity index (χ4v) is 2.68. The summed E-state index contributed by atoms with van der Waals surface area (Å²) in [6.07, 6.45) is 0. The highest BCUT2D eigenvalue weighted by molar-refractivity contribution is 6.30. The van der Waals surface area contributed by atoms with Crippen LogP contribution in [0.2, 0.25) is 5.02 Å². The van der Waals surface area contributed by atoms with Crippen molar-refractivity contribution in [3.05, 3.63) is 62.2 Å². The van der Waals surface area contributed by atoms with Crippen LogP contribution in [0.25, 0.3) is 0 Å². The van der Waals surface area contributed by atoms with E-state index < -0.39 is 10.9 Å². The van der Waals surface area contributed by atoms with Crippen molar-refractivity contribution >= 4 is 28.9 Å². The zero-order valence-corrected chi connectivity index (χ0v) is 13.6. The van der Waals surface area contributed by atoms with Gasteiger partial charge in [0, 0.05) is 22.2 Å². The molecular weight excluding hydrogens is 352 g/mol. The third kappa shape index (κ3) is 3.65. The van der Waals surface area contributed by atoms with Crippen molar-refractivity contribution in [2.24, 2.45) is 0 Å². The number of rotatable bonds is 4. The fraction of sp³-hybridized carbons (Fsp3) is 0.188. The van der Waals surface area contributed by atoms with Gasteiger partial charge in [0.25, 0.3) is 5.69 Å². The summed E-state index contributed by atoms with van der Waals surface area (Å²) in [4.78, 5) is 22.4. The van der Waals surface area contributed by atoms with Crippen molar-refractivity contribution < 1.29 is 23.9 Å². The number of nitrogens with two attached hydrogens (primary N) is 1. The predicted molar refractivity (Wildman–Crippen MR) is 88.4 cm³/mol. The van der Waals surface area contributed by atoms with Gasteiger partial charge in [0.05, 0.1) is 17.1 Å². The molecule has 25 heavy (non-hydrogen) atoms. The first-order valence-electron chi connectivity index (χ1n) is 7.18. The van der Waals surface area contributed by atoms with Gasteiger partial charge in [-0.3, -0.25) is 10.1 Å². The van der Waals surface area contributed by atoms with Crippen LogP contribution in [0.15, 0.2) is 30.3 Å². The zero-order chi connectivity index (χ0) is 18.0. The van der Waals surface area contributed by atoms with Gasteiger partial charge in [-0.15, -0.1) is 0 Å². The molecule has 9 heteroatoms. The van der Waals surface area contributed by atoms with Crippen LogP contribution in [0.5, 0.6) is 5.75 Å². The average Bonchev–Trinajstić information content (AvgIpc) is 2.59. The van der Waals surface area contributed by atoms with Gasteiger partial charge in [-0.1, -0.05) is 11.6 Å². The molecule has 1 aliphatic rings.